The van der Waals surface area contributed by atoms with Crippen LogP contribution in [0, 0.1) is 5.92 Å². The second kappa shape index (κ2) is 8.47. The van der Waals surface area contributed by atoms with Crippen molar-refractivity contribution in [2.24, 2.45) is 15.9 Å². The largest absolute Gasteiger partial charge is 0.282 e. The van der Waals surface area contributed by atoms with Crippen molar-refractivity contribution in [1.29, 1.82) is 0 Å². The van der Waals surface area contributed by atoms with Crippen LogP contribution in [0.3, 0.4) is 0 Å². The van der Waals surface area contributed by atoms with Gasteiger partial charge in [0.25, 0.3) is 0 Å². The van der Waals surface area contributed by atoms with Crippen LogP contribution < -0.4 is 0 Å². The van der Waals surface area contributed by atoms with E-state index in [0.717, 1.165) is 29.4 Å². The maximum absolute atomic E-state index is 4.79. The molecular formula is C20H26N2. The van der Waals surface area contributed by atoms with Crippen molar-refractivity contribution in [2.75, 3.05) is 0 Å². The molecule has 2 atom stereocenters. The van der Waals surface area contributed by atoms with Crippen LogP contribution in [-0.4, -0.2) is 17.5 Å². The van der Waals surface area contributed by atoms with Crippen molar-refractivity contribution in [1.82, 2.24) is 0 Å². The summed E-state index contributed by atoms with van der Waals surface area (Å²) in [4.78, 5) is 9.38. The fourth-order valence-corrected chi connectivity index (χ4v) is 2.76. The average Bonchev–Trinajstić information content (AvgIpc) is 2.50. The van der Waals surface area contributed by atoms with Crippen LogP contribution in [0.15, 0.2) is 64.6 Å². The van der Waals surface area contributed by atoms with Crippen molar-refractivity contribution in [3.05, 3.63) is 54.6 Å². The predicted octanol–water partition coefficient (Wildman–Crippen LogP) is 5.54. The summed E-state index contributed by atoms with van der Waals surface area (Å²) < 4.78 is 0. The Bertz CT molecular complexity index is 561. The second-order valence-corrected chi connectivity index (χ2v) is 6.07. The zero-order valence-electron chi connectivity index (χ0n) is 13.9. The van der Waals surface area contributed by atoms with Crippen molar-refractivity contribution in [3.8, 4) is 0 Å². The highest BCUT2D eigenvalue weighted by atomic mass is 14.8. The summed E-state index contributed by atoms with van der Waals surface area (Å²) in [5, 5.41) is 0. The summed E-state index contributed by atoms with van der Waals surface area (Å²) in [6.07, 6.45) is 11.9. The summed E-state index contributed by atoms with van der Waals surface area (Å²) in [5.41, 5.74) is 2.99. The third kappa shape index (κ3) is 5.44. The minimum atomic E-state index is 0.374. The lowest BCUT2D eigenvalue weighted by Crippen LogP contribution is -2.09. The SMILES string of the molecule is CCCC(C)CC(C)N=C1C=CC(=Nc2ccccc2)C=C1. The maximum atomic E-state index is 4.79. The van der Waals surface area contributed by atoms with E-state index < -0.39 is 0 Å². The minimum Gasteiger partial charge on any atom is -0.282 e. The van der Waals surface area contributed by atoms with E-state index in [0.29, 0.717) is 6.04 Å². The van der Waals surface area contributed by atoms with E-state index in [9.17, 15) is 0 Å². The fraction of sp³-hybridized carbons (Fsp3) is 0.400. The number of rotatable bonds is 6. The van der Waals surface area contributed by atoms with Gasteiger partial charge in [-0.25, -0.2) is 4.99 Å². The minimum absolute atomic E-state index is 0.374. The van der Waals surface area contributed by atoms with Crippen LogP contribution in [0.25, 0.3) is 0 Å². The highest BCUT2D eigenvalue weighted by Crippen LogP contribution is 2.16. The number of aliphatic imine (C=N–C) groups is 2. The first-order valence-electron chi connectivity index (χ1n) is 8.25. The third-order valence-corrected chi connectivity index (χ3v) is 3.76. The van der Waals surface area contributed by atoms with Crippen LogP contribution in [0.2, 0.25) is 0 Å². The lowest BCUT2D eigenvalue weighted by molar-refractivity contribution is 0.449. The Labute approximate surface area is 134 Å². The Hall–Kier alpha value is -1.96. The molecule has 0 spiro atoms. The number of nitrogens with zero attached hydrogens (tertiary/aromatic N) is 2. The van der Waals surface area contributed by atoms with Gasteiger partial charge in [-0.15, -0.1) is 0 Å². The summed E-state index contributed by atoms with van der Waals surface area (Å²) in [7, 11) is 0. The van der Waals surface area contributed by atoms with E-state index in [1.54, 1.807) is 0 Å². The zero-order chi connectivity index (χ0) is 15.8. The standard InChI is InChI=1S/C20H26N2/c1-4-8-16(2)15-17(3)21-19-11-13-20(14-12-19)22-18-9-6-5-7-10-18/h5-7,9-14,16-17H,4,8,15H2,1-3H3. The molecule has 1 aromatic carbocycles. The Morgan fingerprint density at radius 1 is 0.909 bits per heavy atom. The fourth-order valence-electron chi connectivity index (χ4n) is 2.76. The molecule has 2 nitrogen and oxygen atoms in total. The maximum Gasteiger partial charge on any atom is 0.0638 e. The molecule has 2 heteroatoms. The molecule has 0 bridgehead atoms. The van der Waals surface area contributed by atoms with Gasteiger partial charge in [0, 0.05) is 6.04 Å². The van der Waals surface area contributed by atoms with Crippen molar-refractivity contribution < 1.29 is 0 Å². The Kier molecular flexibility index (Phi) is 6.32. The first kappa shape index (κ1) is 16.4. The summed E-state index contributed by atoms with van der Waals surface area (Å²) in [6.45, 7) is 6.76. The van der Waals surface area contributed by atoms with Crippen molar-refractivity contribution in [3.63, 3.8) is 0 Å². The molecule has 0 aliphatic heterocycles. The van der Waals surface area contributed by atoms with Gasteiger partial charge in [0.1, 0.15) is 0 Å². The van der Waals surface area contributed by atoms with Gasteiger partial charge in [-0.2, -0.15) is 0 Å². The third-order valence-electron chi connectivity index (χ3n) is 3.76. The number of hydrogen-bond acceptors (Lipinski definition) is 2. The van der Waals surface area contributed by atoms with E-state index in [1.807, 2.05) is 42.5 Å². The van der Waals surface area contributed by atoms with E-state index in [2.05, 4.69) is 37.9 Å². The first-order chi connectivity index (χ1) is 10.7. The molecule has 0 aromatic heterocycles. The molecule has 0 saturated heterocycles. The van der Waals surface area contributed by atoms with Crippen LogP contribution in [0.5, 0.6) is 0 Å². The van der Waals surface area contributed by atoms with Gasteiger partial charge in [-0.05, 0) is 55.7 Å². The van der Waals surface area contributed by atoms with E-state index in [4.69, 9.17) is 4.99 Å². The van der Waals surface area contributed by atoms with Crippen LogP contribution in [0.1, 0.15) is 40.0 Å². The van der Waals surface area contributed by atoms with Gasteiger partial charge in [-0.1, -0.05) is 44.9 Å². The van der Waals surface area contributed by atoms with E-state index in [-0.39, 0.29) is 0 Å². The van der Waals surface area contributed by atoms with Gasteiger partial charge < -0.3 is 0 Å². The zero-order valence-corrected chi connectivity index (χ0v) is 13.9. The van der Waals surface area contributed by atoms with Gasteiger partial charge in [0.2, 0.25) is 0 Å². The highest BCUT2D eigenvalue weighted by Gasteiger charge is 2.08. The second-order valence-electron chi connectivity index (χ2n) is 6.07. The van der Waals surface area contributed by atoms with Gasteiger partial charge in [0.15, 0.2) is 0 Å². The summed E-state index contributed by atoms with van der Waals surface area (Å²) in [6, 6.07) is 10.4. The van der Waals surface area contributed by atoms with E-state index in [1.165, 1.54) is 12.8 Å². The molecule has 0 N–H and O–H groups in total. The molecule has 2 rings (SSSR count). The van der Waals surface area contributed by atoms with Crippen molar-refractivity contribution >= 4 is 17.1 Å². The van der Waals surface area contributed by atoms with Gasteiger partial charge >= 0.3 is 0 Å². The number of allylic oxidation sites excluding steroid dienone is 4. The van der Waals surface area contributed by atoms with Gasteiger partial charge in [0.05, 0.1) is 17.1 Å². The quantitative estimate of drug-likeness (QED) is 0.615. The van der Waals surface area contributed by atoms with Gasteiger partial charge in [-0.3, -0.25) is 4.99 Å². The molecule has 1 aliphatic carbocycles. The summed E-state index contributed by atoms with van der Waals surface area (Å²) in [5.74, 6) is 0.746. The van der Waals surface area contributed by atoms with Crippen LogP contribution in [0.4, 0.5) is 5.69 Å². The van der Waals surface area contributed by atoms with Crippen molar-refractivity contribution in [2.45, 2.75) is 46.1 Å². The molecule has 1 aliphatic rings. The molecule has 0 heterocycles. The predicted molar refractivity (Wildman–Crippen MR) is 97.4 cm³/mol. The topological polar surface area (TPSA) is 24.7 Å². The molecular weight excluding hydrogens is 268 g/mol. The molecule has 0 fully saturated rings. The Morgan fingerprint density at radius 2 is 1.55 bits per heavy atom. The first-order valence-corrected chi connectivity index (χ1v) is 8.25. The van der Waals surface area contributed by atoms with Crippen LogP contribution in [-0.2, 0) is 0 Å². The number of benzene rings is 1. The lowest BCUT2D eigenvalue weighted by atomic mass is 9.98. The average molecular weight is 294 g/mol. The molecule has 0 radical (unpaired) electrons. The number of para-hydroxylation sites is 1. The monoisotopic (exact) mass is 294 g/mol. The summed E-state index contributed by atoms with van der Waals surface area (Å²) >= 11 is 0. The number of hydrogen-bond donors (Lipinski definition) is 0. The lowest BCUT2D eigenvalue weighted by Gasteiger charge is -2.14. The normalized spacial score (nSPS) is 16.5. The highest BCUT2D eigenvalue weighted by molar-refractivity contribution is 6.19. The molecule has 116 valence electrons. The molecule has 1 aromatic rings. The molecule has 0 saturated carbocycles. The Balaban J connectivity index is 1.95. The smallest absolute Gasteiger partial charge is 0.0638 e. The molecule has 22 heavy (non-hydrogen) atoms. The Morgan fingerprint density at radius 3 is 2.18 bits per heavy atom. The van der Waals surface area contributed by atoms with Crippen LogP contribution >= 0.6 is 0 Å². The molecule has 2 unspecified atom stereocenters. The molecule has 0 amide bonds. The van der Waals surface area contributed by atoms with E-state index >= 15 is 0 Å².